The Kier molecular flexibility index (Phi) is 4.37. The van der Waals surface area contributed by atoms with Crippen LogP contribution in [0.2, 0.25) is 0 Å². The van der Waals surface area contributed by atoms with E-state index in [9.17, 15) is 14.3 Å². The van der Waals surface area contributed by atoms with Crippen molar-refractivity contribution in [1.82, 2.24) is 10.6 Å². The lowest BCUT2D eigenvalue weighted by Gasteiger charge is -2.16. The van der Waals surface area contributed by atoms with Crippen LogP contribution in [-0.2, 0) is 4.79 Å². The molecule has 0 spiro atoms. The normalized spacial score (nSPS) is 16.1. The quantitative estimate of drug-likeness (QED) is 0.687. The first-order valence-corrected chi connectivity index (χ1v) is 6.57. The van der Waals surface area contributed by atoms with Gasteiger partial charge in [-0.3, -0.25) is 4.79 Å². The van der Waals surface area contributed by atoms with Gasteiger partial charge in [0.05, 0.1) is 0 Å². The fourth-order valence-corrected chi connectivity index (χ4v) is 1.95. The monoisotopic (exact) mass is 266 g/mol. The Morgan fingerprint density at radius 1 is 1.47 bits per heavy atom. The second-order valence-corrected chi connectivity index (χ2v) is 4.94. The van der Waals surface area contributed by atoms with Crippen molar-refractivity contribution < 1.29 is 14.3 Å². The van der Waals surface area contributed by atoms with Crippen LogP contribution in [0.5, 0.6) is 5.75 Å². The number of rotatable bonds is 6. The SMILES string of the molecule is CC(NCCNC(=O)C1CC1)c1cc(F)ccc1O. The zero-order valence-electron chi connectivity index (χ0n) is 10.9. The van der Waals surface area contributed by atoms with Crippen molar-refractivity contribution in [3.8, 4) is 5.75 Å². The zero-order chi connectivity index (χ0) is 13.8. The molecule has 1 unspecified atom stereocenters. The molecule has 0 bridgehead atoms. The van der Waals surface area contributed by atoms with Gasteiger partial charge in [-0.25, -0.2) is 4.39 Å². The van der Waals surface area contributed by atoms with Gasteiger partial charge in [-0.15, -0.1) is 0 Å². The molecule has 0 heterocycles. The molecular formula is C14H19FN2O2. The second kappa shape index (κ2) is 6.02. The van der Waals surface area contributed by atoms with Crippen molar-refractivity contribution in [3.05, 3.63) is 29.6 Å². The number of carbonyl (C=O) groups excluding carboxylic acids is 1. The van der Waals surface area contributed by atoms with Crippen molar-refractivity contribution in [2.45, 2.75) is 25.8 Å². The summed E-state index contributed by atoms with van der Waals surface area (Å²) < 4.78 is 13.1. The topological polar surface area (TPSA) is 61.4 Å². The van der Waals surface area contributed by atoms with Gasteiger partial charge in [-0.05, 0) is 38.0 Å². The lowest BCUT2D eigenvalue weighted by Crippen LogP contribution is -2.33. The lowest BCUT2D eigenvalue weighted by molar-refractivity contribution is -0.122. The molecule has 1 saturated carbocycles. The molecule has 0 radical (unpaired) electrons. The van der Waals surface area contributed by atoms with E-state index in [0.717, 1.165) is 12.8 Å². The van der Waals surface area contributed by atoms with Crippen LogP contribution in [0.1, 0.15) is 31.4 Å². The summed E-state index contributed by atoms with van der Waals surface area (Å²) in [4.78, 5) is 11.4. The Morgan fingerprint density at radius 3 is 2.89 bits per heavy atom. The van der Waals surface area contributed by atoms with Crippen LogP contribution in [0.4, 0.5) is 4.39 Å². The smallest absolute Gasteiger partial charge is 0.223 e. The van der Waals surface area contributed by atoms with E-state index in [1.54, 1.807) is 0 Å². The molecule has 104 valence electrons. The van der Waals surface area contributed by atoms with Gasteiger partial charge in [0, 0.05) is 30.6 Å². The average Bonchev–Trinajstić information content (AvgIpc) is 3.21. The maximum atomic E-state index is 13.1. The molecule has 1 aliphatic carbocycles. The van der Waals surface area contributed by atoms with E-state index in [1.807, 2.05) is 6.92 Å². The van der Waals surface area contributed by atoms with E-state index < -0.39 is 0 Å². The molecule has 0 aromatic heterocycles. The highest BCUT2D eigenvalue weighted by Crippen LogP contribution is 2.28. The molecule has 2 rings (SSSR count). The van der Waals surface area contributed by atoms with Gasteiger partial charge < -0.3 is 15.7 Å². The highest BCUT2D eigenvalue weighted by atomic mass is 19.1. The highest BCUT2D eigenvalue weighted by Gasteiger charge is 2.28. The van der Waals surface area contributed by atoms with Crippen LogP contribution < -0.4 is 10.6 Å². The third-order valence-corrected chi connectivity index (χ3v) is 3.28. The number of nitrogens with one attached hydrogen (secondary N) is 2. The number of carbonyl (C=O) groups is 1. The summed E-state index contributed by atoms with van der Waals surface area (Å²) in [5.74, 6) is 0.0274. The fraction of sp³-hybridized carbons (Fsp3) is 0.500. The van der Waals surface area contributed by atoms with Gasteiger partial charge in [-0.1, -0.05) is 0 Å². The minimum absolute atomic E-state index is 0.0726. The summed E-state index contributed by atoms with van der Waals surface area (Å²) in [6.07, 6.45) is 1.99. The average molecular weight is 266 g/mol. The molecule has 0 aliphatic heterocycles. The van der Waals surface area contributed by atoms with E-state index in [4.69, 9.17) is 0 Å². The predicted octanol–water partition coefficient (Wildman–Crippen LogP) is 1.71. The first kappa shape index (κ1) is 13.8. The largest absolute Gasteiger partial charge is 0.508 e. The van der Waals surface area contributed by atoms with Crippen LogP contribution in [0.25, 0.3) is 0 Å². The van der Waals surface area contributed by atoms with Crippen molar-refractivity contribution in [1.29, 1.82) is 0 Å². The van der Waals surface area contributed by atoms with Gasteiger partial charge in [0.2, 0.25) is 5.91 Å². The van der Waals surface area contributed by atoms with Crippen molar-refractivity contribution in [2.75, 3.05) is 13.1 Å². The highest BCUT2D eigenvalue weighted by molar-refractivity contribution is 5.80. The molecule has 1 fully saturated rings. The Hall–Kier alpha value is -1.62. The Labute approximate surface area is 112 Å². The standard InChI is InChI=1S/C14H19FN2O2/c1-9(12-8-11(15)4-5-13(12)18)16-6-7-17-14(19)10-2-3-10/h4-5,8-10,16,18H,2-3,6-7H2,1H3,(H,17,19). The summed E-state index contributed by atoms with van der Waals surface area (Å²) in [7, 11) is 0. The minimum atomic E-state index is -0.372. The molecule has 1 amide bonds. The Morgan fingerprint density at radius 2 is 2.21 bits per heavy atom. The molecular weight excluding hydrogens is 247 g/mol. The van der Waals surface area contributed by atoms with Crippen molar-refractivity contribution in [2.24, 2.45) is 5.92 Å². The predicted molar refractivity (Wildman–Crippen MR) is 70.2 cm³/mol. The van der Waals surface area contributed by atoms with E-state index >= 15 is 0 Å². The van der Waals surface area contributed by atoms with Crippen molar-refractivity contribution >= 4 is 5.91 Å². The number of phenols is 1. The van der Waals surface area contributed by atoms with Gasteiger partial charge >= 0.3 is 0 Å². The van der Waals surface area contributed by atoms with E-state index in [-0.39, 0.29) is 29.4 Å². The number of benzene rings is 1. The summed E-state index contributed by atoms with van der Waals surface area (Å²) in [5, 5.41) is 15.6. The molecule has 19 heavy (non-hydrogen) atoms. The molecule has 1 aromatic rings. The lowest BCUT2D eigenvalue weighted by atomic mass is 10.1. The van der Waals surface area contributed by atoms with Crippen LogP contribution in [0.15, 0.2) is 18.2 Å². The number of hydrogen-bond acceptors (Lipinski definition) is 3. The van der Waals surface area contributed by atoms with Gasteiger partial charge in [0.25, 0.3) is 0 Å². The number of phenolic OH excluding ortho intramolecular Hbond substituents is 1. The van der Waals surface area contributed by atoms with Gasteiger partial charge in [0.15, 0.2) is 0 Å². The van der Waals surface area contributed by atoms with E-state index in [1.165, 1.54) is 18.2 Å². The summed E-state index contributed by atoms with van der Waals surface area (Å²) in [5.41, 5.74) is 0.522. The number of aromatic hydroxyl groups is 1. The maximum Gasteiger partial charge on any atom is 0.223 e. The Balaban J connectivity index is 1.75. The minimum Gasteiger partial charge on any atom is -0.508 e. The third kappa shape index (κ3) is 3.92. The number of amides is 1. The summed E-state index contributed by atoms with van der Waals surface area (Å²) in [6, 6.07) is 3.71. The first-order chi connectivity index (χ1) is 9.08. The third-order valence-electron chi connectivity index (χ3n) is 3.28. The van der Waals surface area contributed by atoms with Gasteiger partial charge in [-0.2, -0.15) is 0 Å². The molecule has 0 saturated heterocycles. The Bertz CT molecular complexity index is 461. The molecule has 1 atom stereocenters. The first-order valence-electron chi connectivity index (χ1n) is 6.57. The molecule has 1 aliphatic rings. The molecule has 4 nitrogen and oxygen atoms in total. The van der Waals surface area contributed by atoms with E-state index in [2.05, 4.69) is 10.6 Å². The van der Waals surface area contributed by atoms with Crippen molar-refractivity contribution in [3.63, 3.8) is 0 Å². The molecule has 3 N–H and O–H groups in total. The number of hydrogen-bond donors (Lipinski definition) is 3. The van der Waals surface area contributed by atoms with Crippen LogP contribution in [-0.4, -0.2) is 24.1 Å². The number of halogens is 1. The fourth-order valence-electron chi connectivity index (χ4n) is 1.95. The molecule has 1 aromatic carbocycles. The van der Waals surface area contributed by atoms with Gasteiger partial charge in [0.1, 0.15) is 11.6 Å². The van der Waals surface area contributed by atoms with Crippen LogP contribution in [0, 0.1) is 11.7 Å². The molecule has 5 heteroatoms. The van der Waals surface area contributed by atoms with Crippen LogP contribution >= 0.6 is 0 Å². The maximum absolute atomic E-state index is 13.1. The summed E-state index contributed by atoms with van der Waals surface area (Å²) in [6.45, 7) is 2.96. The van der Waals surface area contributed by atoms with Crippen LogP contribution in [0.3, 0.4) is 0 Å². The summed E-state index contributed by atoms with van der Waals surface area (Å²) >= 11 is 0. The van der Waals surface area contributed by atoms with E-state index in [0.29, 0.717) is 18.7 Å². The zero-order valence-corrected chi connectivity index (χ0v) is 10.9. The second-order valence-electron chi connectivity index (χ2n) is 4.94.